The Morgan fingerprint density at radius 2 is 1.84 bits per heavy atom. The van der Waals surface area contributed by atoms with Gasteiger partial charge in [-0.3, -0.25) is 0 Å². The lowest BCUT2D eigenvalue weighted by atomic mass is 9.93. The van der Waals surface area contributed by atoms with Crippen molar-refractivity contribution in [2.75, 3.05) is 14.2 Å². The summed E-state index contributed by atoms with van der Waals surface area (Å²) in [4.78, 5) is 11.3. The molecular weight excluding hydrogens is 400 g/mol. The van der Waals surface area contributed by atoms with Crippen LogP contribution >= 0.6 is 0 Å². The molecule has 0 saturated carbocycles. The third-order valence-electron chi connectivity index (χ3n) is 6.19. The number of ether oxygens (including phenoxy) is 2. The van der Waals surface area contributed by atoms with E-state index in [1.54, 1.807) is 20.3 Å². The number of aromatic carboxylic acids is 1. The molecule has 32 heavy (non-hydrogen) atoms. The molecule has 0 atom stereocenters. The number of aryl methyl sites for hydroxylation is 4. The largest absolute Gasteiger partial charge is 0.497 e. The minimum absolute atomic E-state index is 0.367. The highest BCUT2D eigenvalue weighted by molar-refractivity contribution is 5.89. The van der Waals surface area contributed by atoms with E-state index in [2.05, 4.69) is 24.3 Å². The van der Waals surface area contributed by atoms with Gasteiger partial charge < -0.3 is 14.6 Å². The molecule has 4 rings (SSSR count). The number of hydrogen-bond acceptors (Lipinski definition) is 3. The Kier molecular flexibility index (Phi) is 6.31. The van der Waals surface area contributed by atoms with E-state index in [4.69, 9.17) is 9.47 Å². The third kappa shape index (κ3) is 4.40. The molecule has 0 heterocycles. The minimum Gasteiger partial charge on any atom is -0.497 e. The number of fused-ring (bicyclic) bond motifs is 1. The van der Waals surface area contributed by atoms with Crippen molar-refractivity contribution in [1.82, 2.24) is 0 Å². The summed E-state index contributed by atoms with van der Waals surface area (Å²) in [5.41, 5.74) is 8.72. The predicted octanol–water partition coefficient (Wildman–Crippen LogP) is 5.98. The summed E-state index contributed by atoms with van der Waals surface area (Å²) in [7, 11) is 3.36. The zero-order valence-electron chi connectivity index (χ0n) is 18.8. The first kappa shape index (κ1) is 21.7. The molecule has 0 bridgehead atoms. The topological polar surface area (TPSA) is 55.8 Å². The Hall–Kier alpha value is -3.53. The third-order valence-corrected chi connectivity index (χ3v) is 6.19. The molecule has 0 fully saturated rings. The maximum atomic E-state index is 11.3. The molecule has 0 amide bonds. The van der Waals surface area contributed by atoms with Crippen LogP contribution in [0.25, 0.3) is 11.6 Å². The van der Waals surface area contributed by atoms with Gasteiger partial charge in [-0.15, -0.1) is 0 Å². The van der Waals surface area contributed by atoms with Crippen molar-refractivity contribution in [3.05, 3.63) is 93.5 Å². The Balaban J connectivity index is 1.63. The van der Waals surface area contributed by atoms with Crippen molar-refractivity contribution < 1.29 is 19.4 Å². The van der Waals surface area contributed by atoms with Crippen LogP contribution in [0, 0.1) is 6.92 Å². The van der Waals surface area contributed by atoms with Gasteiger partial charge in [0.25, 0.3) is 0 Å². The fourth-order valence-electron chi connectivity index (χ4n) is 4.56. The van der Waals surface area contributed by atoms with E-state index in [0.717, 1.165) is 53.9 Å². The lowest BCUT2D eigenvalue weighted by Gasteiger charge is -2.13. The first-order valence-electron chi connectivity index (χ1n) is 10.9. The first-order valence-corrected chi connectivity index (χ1v) is 10.9. The maximum absolute atomic E-state index is 11.3. The van der Waals surface area contributed by atoms with Crippen molar-refractivity contribution in [3.8, 4) is 11.5 Å². The predicted molar refractivity (Wildman–Crippen MR) is 128 cm³/mol. The van der Waals surface area contributed by atoms with Gasteiger partial charge in [-0.1, -0.05) is 30.3 Å². The number of benzene rings is 3. The standard InChI is InChI=1S/C28H28O4/c1-18-15-19(8-13-25(18)28(29)30)7-9-20-5-4-6-21-10-11-22(27(20)21)16-23-17-24(31-2)12-14-26(23)32-3/h4-6,8,12-17H,7,9-11H2,1-3H3,(H,29,30). The van der Waals surface area contributed by atoms with E-state index in [0.29, 0.717) is 5.56 Å². The highest BCUT2D eigenvalue weighted by atomic mass is 16.5. The van der Waals surface area contributed by atoms with Crippen molar-refractivity contribution in [3.63, 3.8) is 0 Å². The number of hydrogen-bond donors (Lipinski definition) is 1. The quantitative estimate of drug-likeness (QED) is 0.503. The summed E-state index contributed by atoms with van der Waals surface area (Å²) >= 11 is 0. The van der Waals surface area contributed by atoms with E-state index in [-0.39, 0.29) is 0 Å². The van der Waals surface area contributed by atoms with Gasteiger partial charge in [-0.25, -0.2) is 4.79 Å². The van der Waals surface area contributed by atoms with E-state index >= 15 is 0 Å². The van der Waals surface area contributed by atoms with Crippen LogP contribution in [0.3, 0.4) is 0 Å². The van der Waals surface area contributed by atoms with E-state index in [9.17, 15) is 9.90 Å². The Bertz CT molecular complexity index is 1190. The van der Waals surface area contributed by atoms with Crippen LogP contribution in [-0.4, -0.2) is 25.3 Å². The number of allylic oxidation sites excluding steroid dienone is 1. The molecule has 4 nitrogen and oxygen atoms in total. The van der Waals surface area contributed by atoms with E-state index in [1.165, 1.54) is 22.3 Å². The van der Waals surface area contributed by atoms with Gasteiger partial charge in [0.2, 0.25) is 0 Å². The summed E-state index contributed by atoms with van der Waals surface area (Å²) in [5.74, 6) is 0.764. The second-order valence-corrected chi connectivity index (χ2v) is 8.18. The average Bonchev–Trinajstić information content (AvgIpc) is 3.20. The lowest BCUT2D eigenvalue weighted by molar-refractivity contribution is 0.0696. The zero-order valence-corrected chi connectivity index (χ0v) is 18.8. The lowest BCUT2D eigenvalue weighted by Crippen LogP contribution is -2.02. The van der Waals surface area contributed by atoms with Crippen molar-refractivity contribution in [2.24, 2.45) is 0 Å². The van der Waals surface area contributed by atoms with Crippen LogP contribution in [0.4, 0.5) is 0 Å². The summed E-state index contributed by atoms with van der Waals surface area (Å²) in [6, 6.07) is 18.1. The second-order valence-electron chi connectivity index (χ2n) is 8.18. The summed E-state index contributed by atoms with van der Waals surface area (Å²) < 4.78 is 11.0. The molecule has 164 valence electrons. The van der Waals surface area contributed by atoms with E-state index in [1.807, 2.05) is 37.3 Å². The fourth-order valence-corrected chi connectivity index (χ4v) is 4.56. The van der Waals surface area contributed by atoms with Crippen LogP contribution in [-0.2, 0) is 19.3 Å². The molecule has 3 aromatic rings. The highest BCUT2D eigenvalue weighted by Crippen LogP contribution is 2.38. The van der Waals surface area contributed by atoms with Crippen LogP contribution in [0.15, 0.2) is 54.6 Å². The van der Waals surface area contributed by atoms with Gasteiger partial charge >= 0.3 is 5.97 Å². The average molecular weight is 429 g/mol. The zero-order chi connectivity index (χ0) is 22.7. The molecule has 0 spiro atoms. The van der Waals surface area contributed by atoms with Gasteiger partial charge in [0.15, 0.2) is 0 Å². The van der Waals surface area contributed by atoms with Crippen LogP contribution in [0.1, 0.15) is 50.2 Å². The Morgan fingerprint density at radius 3 is 2.56 bits per heavy atom. The summed E-state index contributed by atoms with van der Waals surface area (Å²) in [6.07, 6.45) is 6.03. The molecule has 0 unspecified atom stereocenters. The molecule has 0 aromatic heterocycles. The highest BCUT2D eigenvalue weighted by Gasteiger charge is 2.20. The van der Waals surface area contributed by atoms with Gasteiger partial charge in [0, 0.05) is 5.56 Å². The molecule has 0 saturated heterocycles. The van der Waals surface area contributed by atoms with E-state index < -0.39 is 5.97 Å². The normalized spacial score (nSPS) is 13.8. The number of rotatable bonds is 7. The molecule has 3 aromatic carbocycles. The van der Waals surface area contributed by atoms with Crippen molar-refractivity contribution in [1.29, 1.82) is 0 Å². The number of carboxylic acids is 1. The molecule has 0 radical (unpaired) electrons. The van der Waals surface area contributed by atoms with Gasteiger partial charge in [0.1, 0.15) is 11.5 Å². The Labute approximate surface area is 189 Å². The minimum atomic E-state index is -0.877. The van der Waals surface area contributed by atoms with Crippen LogP contribution < -0.4 is 9.47 Å². The van der Waals surface area contributed by atoms with Crippen LogP contribution in [0.5, 0.6) is 11.5 Å². The second kappa shape index (κ2) is 9.31. The molecule has 0 aliphatic heterocycles. The van der Waals surface area contributed by atoms with Crippen molar-refractivity contribution >= 4 is 17.6 Å². The van der Waals surface area contributed by atoms with Gasteiger partial charge in [-0.05, 0) is 96.3 Å². The fraction of sp³-hybridized carbons (Fsp3) is 0.250. The summed E-state index contributed by atoms with van der Waals surface area (Å²) in [5, 5.41) is 9.27. The molecule has 4 heteroatoms. The molecule has 1 aliphatic carbocycles. The first-order chi connectivity index (χ1) is 15.5. The summed E-state index contributed by atoms with van der Waals surface area (Å²) in [6.45, 7) is 1.86. The number of carboxylic acid groups (broad SMARTS) is 1. The van der Waals surface area contributed by atoms with Gasteiger partial charge in [0.05, 0.1) is 19.8 Å². The Morgan fingerprint density at radius 1 is 1.00 bits per heavy atom. The monoisotopic (exact) mass is 428 g/mol. The molecule has 1 aliphatic rings. The molecular formula is C28H28O4. The molecule has 1 N–H and O–H groups in total. The SMILES string of the molecule is COc1ccc(OC)c(C=C2CCc3cccc(CCc4ccc(C(=O)O)c(C)c4)c32)c1. The smallest absolute Gasteiger partial charge is 0.335 e. The maximum Gasteiger partial charge on any atom is 0.335 e. The van der Waals surface area contributed by atoms with Crippen molar-refractivity contribution in [2.45, 2.75) is 32.6 Å². The number of carbonyl (C=O) groups is 1. The van der Waals surface area contributed by atoms with Crippen LogP contribution in [0.2, 0.25) is 0 Å². The number of methoxy groups -OCH3 is 2. The van der Waals surface area contributed by atoms with Gasteiger partial charge in [-0.2, -0.15) is 0 Å².